The second kappa shape index (κ2) is 3.20. The van der Waals surface area contributed by atoms with E-state index in [0.717, 1.165) is 29.8 Å². The van der Waals surface area contributed by atoms with Crippen LogP contribution in [0.1, 0.15) is 25.5 Å². The molecule has 0 atom stereocenters. The molecule has 1 rings (SSSR count). The number of aryl methyl sites for hydroxylation is 1. The van der Waals surface area contributed by atoms with E-state index in [4.69, 9.17) is 5.21 Å². The lowest BCUT2D eigenvalue weighted by Gasteiger charge is -1.88. The SMILES string of the molecule is CCCCc1cn(O)nn1. The van der Waals surface area contributed by atoms with Crippen molar-refractivity contribution in [3.63, 3.8) is 0 Å². The molecule has 0 amide bonds. The zero-order chi connectivity index (χ0) is 7.40. The maximum atomic E-state index is 8.70. The van der Waals surface area contributed by atoms with Gasteiger partial charge in [0, 0.05) is 0 Å². The molecule has 4 heteroatoms. The zero-order valence-corrected chi connectivity index (χ0v) is 5.99. The fraction of sp³-hybridized carbons (Fsp3) is 0.667. The van der Waals surface area contributed by atoms with Crippen LogP contribution in [-0.4, -0.2) is 20.4 Å². The molecule has 0 bridgehead atoms. The Balaban J connectivity index is 2.42. The molecule has 0 aromatic carbocycles. The van der Waals surface area contributed by atoms with Gasteiger partial charge in [-0.3, -0.25) is 0 Å². The fourth-order valence-electron chi connectivity index (χ4n) is 0.761. The van der Waals surface area contributed by atoms with Crippen molar-refractivity contribution in [1.29, 1.82) is 0 Å². The van der Waals surface area contributed by atoms with Crippen molar-refractivity contribution in [2.75, 3.05) is 0 Å². The second-order valence-electron chi connectivity index (χ2n) is 2.23. The lowest BCUT2D eigenvalue weighted by molar-refractivity contribution is 0.143. The number of aromatic nitrogens is 3. The topological polar surface area (TPSA) is 50.9 Å². The van der Waals surface area contributed by atoms with Gasteiger partial charge in [-0.05, 0) is 18.1 Å². The van der Waals surface area contributed by atoms with E-state index in [-0.39, 0.29) is 0 Å². The minimum Gasteiger partial charge on any atom is -0.411 e. The Morgan fingerprint density at radius 1 is 1.70 bits per heavy atom. The molecule has 56 valence electrons. The first-order valence-corrected chi connectivity index (χ1v) is 3.43. The summed E-state index contributed by atoms with van der Waals surface area (Å²) in [6, 6.07) is 0. The molecule has 1 aromatic heterocycles. The first-order chi connectivity index (χ1) is 4.83. The third-order valence-corrected chi connectivity index (χ3v) is 1.32. The van der Waals surface area contributed by atoms with E-state index in [1.54, 1.807) is 0 Å². The van der Waals surface area contributed by atoms with Crippen LogP contribution in [0.3, 0.4) is 0 Å². The van der Waals surface area contributed by atoms with Crippen molar-refractivity contribution in [3.05, 3.63) is 11.9 Å². The molecule has 0 aliphatic carbocycles. The average Bonchev–Trinajstić information content (AvgIpc) is 2.31. The van der Waals surface area contributed by atoms with E-state index in [2.05, 4.69) is 17.2 Å². The summed E-state index contributed by atoms with van der Waals surface area (Å²) in [5, 5.41) is 15.8. The molecule has 4 nitrogen and oxygen atoms in total. The van der Waals surface area contributed by atoms with Gasteiger partial charge in [-0.1, -0.05) is 18.2 Å². The Bertz CT molecular complexity index is 197. The van der Waals surface area contributed by atoms with Crippen LogP contribution in [0, 0.1) is 0 Å². The van der Waals surface area contributed by atoms with Crippen molar-refractivity contribution in [3.8, 4) is 0 Å². The molecule has 1 heterocycles. The smallest absolute Gasteiger partial charge is 0.0900 e. The highest BCUT2D eigenvalue weighted by Crippen LogP contribution is 1.98. The minimum absolute atomic E-state index is 0.741. The molecule has 10 heavy (non-hydrogen) atoms. The van der Waals surface area contributed by atoms with Gasteiger partial charge < -0.3 is 5.21 Å². The molecule has 0 spiro atoms. The normalized spacial score (nSPS) is 10.1. The van der Waals surface area contributed by atoms with Crippen molar-refractivity contribution >= 4 is 0 Å². The second-order valence-corrected chi connectivity index (χ2v) is 2.23. The van der Waals surface area contributed by atoms with Gasteiger partial charge in [-0.2, -0.15) is 0 Å². The van der Waals surface area contributed by atoms with E-state index < -0.39 is 0 Å². The Morgan fingerprint density at radius 3 is 3.00 bits per heavy atom. The van der Waals surface area contributed by atoms with Crippen LogP contribution in [-0.2, 0) is 6.42 Å². The monoisotopic (exact) mass is 141 g/mol. The molecular weight excluding hydrogens is 130 g/mol. The molecule has 0 aliphatic heterocycles. The lowest BCUT2D eigenvalue weighted by atomic mass is 10.2. The highest BCUT2D eigenvalue weighted by molar-refractivity contribution is 4.90. The van der Waals surface area contributed by atoms with Crippen LogP contribution >= 0.6 is 0 Å². The first kappa shape index (κ1) is 7.05. The Hall–Kier alpha value is -1.06. The highest BCUT2D eigenvalue weighted by atomic mass is 16.5. The van der Waals surface area contributed by atoms with Gasteiger partial charge in [0.25, 0.3) is 0 Å². The summed E-state index contributed by atoms with van der Waals surface area (Å²) in [6.07, 6.45) is 4.66. The van der Waals surface area contributed by atoms with Gasteiger partial charge in [0.15, 0.2) is 0 Å². The van der Waals surface area contributed by atoms with Crippen molar-refractivity contribution in [1.82, 2.24) is 15.2 Å². The van der Waals surface area contributed by atoms with Gasteiger partial charge in [-0.15, -0.1) is 5.10 Å². The van der Waals surface area contributed by atoms with Gasteiger partial charge in [0.05, 0.1) is 11.9 Å². The number of rotatable bonds is 3. The molecule has 0 fully saturated rings. The summed E-state index contributed by atoms with van der Waals surface area (Å²) in [5.41, 5.74) is 0.851. The largest absolute Gasteiger partial charge is 0.411 e. The highest BCUT2D eigenvalue weighted by Gasteiger charge is 1.96. The molecular formula is C6H11N3O. The Kier molecular flexibility index (Phi) is 2.25. The Labute approximate surface area is 59.4 Å². The van der Waals surface area contributed by atoms with Gasteiger partial charge >= 0.3 is 0 Å². The van der Waals surface area contributed by atoms with E-state index in [9.17, 15) is 0 Å². The quantitative estimate of drug-likeness (QED) is 0.635. The minimum atomic E-state index is 0.741. The molecule has 1 N–H and O–H groups in total. The van der Waals surface area contributed by atoms with E-state index in [1.807, 2.05) is 0 Å². The van der Waals surface area contributed by atoms with E-state index >= 15 is 0 Å². The summed E-state index contributed by atoms with van der Waals surface area (Å²) >= 11 is 0. The maximum Gasteiger partial charge on any atom is 0.0900 e. The predicted molar refractivity (Wildman–Crippen MR) is 35.8 cm³/mol. The van der Waals surface area contributed by atoms with Crippen molar-refractivity contribution in [2.45, 2.75) is 26.2 Å². The summed E-state index contributed by atoms with van der Waals surface area (Å²) in [4.78, 5) is 0.741. The van der Waals surface area contributed by atoms with Crippen LogP contribution in [0.15, 0.2) is 6.20 Å². The molecule has 0 unspecified atom stereocenters. The first-order valence-electron chi connectivity index (χ1n) is 3.43. The standard InChI is InChI=1S/C6H11N3O/c1-2-3-4-6-5-9(10)8-7-6/h5,10H,2-4H2,1H3. The number of hydrogen-bond acceptors (Lipinski definition) is 3. The zero-order valence-electron chi connectivity index (χ0n) is 5.99. The van der Waals surface area contributed by atoms with E-state index in [1.165, 1.54) is 6.20 Å². The van der Waals surface area contributed by atoms with Crippen LogP contribution in [0.2, 0.25) is 0 Å². The van der Waals surface area contributed by atoms with Crippen LogP contribution in [0.5, 0.6) is 0 Å². The van der Waals surface area contributed by atoms with Crippen LogP contribution in [0.4, 0.5) is 0 Å². The van der Waals surface area contributed by atoms with Gasteiger partial charge in [0.2, 0.25) is 0 Å². The van der Waals surface area contributed by atoms with E-state index in [0.29, 0.717) is 0 Å². The predicted octanol–water partition coefficient (Wildman–Crippen LogP) is 0.858. The van der Waals surface area contributed by atoms with Gasteiger partial charge in [0.1, 0.15) is 0 Å². The third kappa shape index (κ3) is 1.72. The number of unbranched alkanes of at least 4 members (excludes halogenated alkanes) is 1. The number of nitrogens with zero attached hydrogens (tertiary/aromatic N) is 3. The summed E-state index contributed by atoms with van der Waals surface area (Å²) in [6.45, 7) is 2.11. The summed E-state index contributed by atoms with van der Waals surface area (Å²) in [7, 11) is 0. The van der Waals surface area contributed by atoms with Crippen molar-refractivity contribution in [2.24, 2.45) is 0 Å². The molecule has 0 radical (unpaired) electrons. The fourth-order valence-corrected chi connectivity index (χ4v) is 0.761. The summed E-state index contributed by atoms with van der Waals surface area (Å²) in [5.74, 6) is 0. The number of hydrogen-bond donors (Lipinski definition) is 1. The van der Waals surface area contributed by atoms with Gasteiger partial charge in [-0.25, -0.2) is 0 Å². The average molecular weight is 141 g/mol. The third-order valence-electron chi connectivity index (χ3n) is 1.32. The van der Waals surface area contributed by atoms with Crippen molar-refractivity contribution < 1.29 is 5.21 Å². The lowest BCUT2D eigenvalue weighted by Crippen LogP contribution is -1.88. The summed E-state index contributed by atoms with van der Waals surface area (Å²) < 4.78 is 0. The maximum absolute atomic E-state index is 8.70. The Morgan fingerprint density at radius 2 is 2.50 bits per heavy atom. The van der Waals surface area contributed by atoms with Crippen LogP contribution < -0.4 is 0 Å². The molecule has 0 saturated heterocycles. The molecule has 0 saturated carbocycles. The van der Waals surface area contributed by atoms with Crippen LogP contribution in [0.25, 0.3) is 0 Å². The molecule has 1 aromatic rings. The molecule has 0 aliphatic rings.